The van der Waals surface area contributed by atoms with E-state index in [2.05, 4.69) is 20.4 Å². The third-order valence-corrected chi connectivity index (χ3v) is 5.22. The van der Waals surface area contributed by atoms with E-state index in [1.165, 1.54) is 6.26 Å². The Morgan fingerprint density at radius 3 is 2.67 bits per heavy atom. The van der Waals surface area contributed by atoms with Gasteiger partial charge in [0.25, 0.3) is 0 Å². The van der Waals surface area contributed by atoms with Crippen molar-refractivity contribution in [1.82, 2.24) is 19.6 Å². The summed E-state index contributed by atoms with van der Waals surface area (Å²) >= 11 is 5.90. The van der Waals surface area contributed by atoms with E-state index in [-0.39, 0.29) is 4.90 Å². The van der Waals surface area contributed by atoms with Gasteiger partial charge in [0.15, 0.2) is 15.5 Å². The molecule has 4 aromatic rings. The molecule has 3 aromatic heterocycles. The highest BCUT2D eigenvalue weighted by Gasteiger charge is 2.12. The van der Waals surface area contributed by atoms with Crippen molar-refractivity contribution in [3.8, 4) is 11.3 Å². The monoisotopic (exact) mass is 399 g/mol. The quantitative estimate of drug-likeness (QED) is 0.527. The van der Waals surface area contributed by atoms with Crippen LogP contribution in [-0.2, 0) is 9.84 Å². The van der Waals surface area contributed by atoms with E-state index in [0.29, 0.717) is 22.4 Å². The van der Waals surface area contributed by atoms with Gasteiger partial charge >= 0.3 is 0 Å². The number of benzene rings is 1. The lowest BCUT2D eigenvalue weighted by atomic mass is 10.1. The van der Waals surface area contributed by atoms with Crippen molar-refractivity contribution in [1.29, 1.82) is 0 Å². The van der Waals surface area contributed by atoms with Crippen LogP contribution < -0.4 is 5.32 Å². The first kappa shape index (κ1) is 17.4. The molecular weight excluding hydrogens is 386 g/mol. The third-order valence-electron chi connectivity index (χ3n) is 3.90. The fraction of sp³-hybridized carbons (Fsp3) is 0.0556. The number of hydrogen-bond acceptors (Lipinski definition) is 6. The van der Waals surface area contributed by atoms with Gasteiger partial charge in [0, 0.05) is 23.7 Å². The smallest absolute Gasteiger partial charge is 0.247 e. The van der Waals surface area contributed by atoms with Crippen LogP contribution in [0.25, 0.3) is 16.9 Å². The highest BCUT2D eigenvalue weighted by Crippen LogP contribution is 2.24. The Morgan fingerprint density at radius 2 is 1.89 bits per heavy atom. The molecule has 7 nitrogen and oxygen atoms in total. The molecule has 1 N–H and O–H groups in total. The van der Waals surface area contributed by atoms with E-state index in [1.54, 1.807) is 41.0 Å². The van der Waals surface area contributed by atoms with Crippen molar-refractivity contribution >= 4 is 38.7 Å². The van der Waals surface area contributed by atoms with Crippen LogP contribution in [0, 0.1) is 0 Å². The predicted molar refractivity (Wildman–Crippen MR) is 104 cm³/mol. The fourth-order valence-corrected chi connectivity index (χ4v) is 3.51. The summed E-state index contributed by atoms with van der Waals surface area (Å²) in [6.07, 6.45) is 2.77. The van der Waals surface area contributed by atoms with Gasteiger partial charge in [-0.2, -0.15) is 4.98 Å². The molecule has 0 saturated heterocycles. The molecule has 9 heteroatoms. The van der Waals surface area contributed by atoms with Crippen LogP contribution in [0.1, 0.15) is 0 Å². The van der Waals surface area contributed by atoms with Crippen LogP contribution in [0.4, 0.5) is 11.6 Å². The van der Waals surface area contributed by atoms with Crippen molar-refractivity contribution in [2.45, 2.75) is 4.90 Å². The van der Waals surface area contributed by atoms with Gasteiger partial charge in [0.05, 0.1) is 10.6 Å². The SMILES string of the molecule is CS(=O)(=O)c1cccc(-c2cccc3nc(Nc4ccnc(Cl)c4)nn23)c1. The molecule has 1 aromatic carbocycles. The van der Waals surface area contributed by atoms with E-state index in [1.807, 2.05) is 24.3 Å². The van der Waals surface area contributed by atoms with Crippen molar-refractivity contribution in [2.75, 3.05) is 11.6 Å². The van der Waals surface area contributed by atoms with Gasteiger partial charge in [-0.15, -0.1) is 5.10 Å². The Balaban J connectivity index is 1.78. The van der Waals surface area contributed by atoms with Gasteiger partial charge in [-0.25, -0.2) is 17.9 Å². The van der Waals surface area contributed by atoms with E-state index in [0.717, 1.165) is 11.3 Å². The van der Waals surface area contributed by atoms with Crippen LogP contribution >= 0.6 is 11.6 Å². The second kappa shape index (κ2) is 6.64. The fourth-order valence-electron chi connectivity index (χ4n) is 2.67. The van der Waals surface area contributed by atoms with E-state index >= 15 is 0 Å². The number of nitrogens with zero attached hydrogens (tertiary/aromatic N) is 4. The zero-order valence-electron chi connectivity index (χ0n) is 14.2. The maximum atomic E-state index is 11.9. The first-order valence-corrected chi connectivity index (χ1v) is 10.2. The number of aromatic nitrogens is 4. The summed E-state index contributed by atoms with van der Waals surface area (Å²) in [6, 6.07) is 15.7. The molecule has 0 spiro atoms. The zero-order chi connectivity index (χ0) is 19.0. The number of nitrogens with one attached hydrogen (secondary N) is 1. The first-order valence-electron chi connectivity index (χ1n) is 7.95. The summed E-state index contributed by atoms with van der Waals surface area (Å²) in [5, 5.41) is 7.94. The molecule has 4 rings (SSSR count). The average Bonchev–Trinajstić information content (AvgIpc) is 3.03. The predicted octanol–water partition coefficient (Wildman–Crippen LogP) is 3.59. The Kier molecular flexibility index (Phi) is 4.29. The summed E-state index contributed by atoms with van der Waals surface area (Å²) < 4.78 is 25.4. The van der Waals surface area contributed by atoms with Crippen LogP contribution in [0.2, 0.25) is 5.15 Å². The van der Waals surface area contributed by atoms with E-state index < -0.39 is 9.84 Å². The molecule has 27 heavy (non-hydrogen) atoms. The molecule has 0 radical (unpaired) electrons. The average molecular weight is 400 g/mol. The number of hydrogen-bond donors (Lipinski definition) is 1. The summed E-state index contributed by atoms with van der Waals surface area (Å²) in [4.78, 5) is 8.64. The van der Waals surface area contributed by atoms with Crippen LogP contribution in [0.15, 0.2) is 65.7 Å². The lowest BCUT2D eigenvalue weighted by molar-refractivity contribution is 0.602. The van der Waals surface area contributed by atoms with Gasteiger partial charge in [0.1, 0.15) is 5.15 Å². The molecule has 3 heterocycles. The van der Waals surface area contributed by atoms with Crippen molar-refractivity contribution in [2.24, 2.45) is 0 Å². The summed E-state index contributed by atoms with van der Waals surface area (Å²) in [7, 11) is -3.30. The molecule has 0 atom stereocenters. The van der Waals surface area contributed by atoms with Gasteiger partial charge in [-0.05, 0) is 36.4 Å². The van der Waals surface area contributed by atoms with E-state index in [9.17, 15) is 8.42 Å². The number of sulfone groups is 1. The number of fused-ring (bicyclic) bond motifs is 1. The minimum atomic E-state index is -3.30. The number of rotatable bonds is 4. The normalized spacial score (nSPS) is 11.6. The van der Waals surface area contributed by atoms with Crippen molar-refractivity contribution in [3.63, 3.8) is 0 Å². The molecule has 0 aliphatic carbocycles. The maximum Gasteiger partial charge on any atom is 0.247 e. The summed E-state index contributed by atoms with van der Waals surface area (Å²) in [5.41, 5.74) is 2.80. The molecule has 0 aliphatic heterocycles. The van der Waals surface area contributed by atoms with Crippen molar-refractivity contribution < 1.29 is 8.42 Å². The van der Waals surface area contributed by atoms with Crippen LogP contribution in [0.3, 0.4) is 0 Å². The van der Waals surface area contributed by atoms with Gasteiger partial charge in [0.2, 0.25) is 5.95 Å². The second-order valence-corrected chi connectivity index (χ2v) is 8.31. The molecule has 0 saturated carbocycles. The Labute approximate surface area is 160 Å². The molecule has 0 unspecified atom stereocenters. The Bertz CT molecular complexity index is 1250. The van der Waals surface area contributed by atoms with Gasteiger partial charge in [-0.1, -0.05) is 29.8 Å². The zero-order valence-corrected chi connectivity index (χ0v) is 15.7. The summed E-state index contributed by atoms with van der Waals surface area (Å²) in [5.74, 6) is 0.393. The van der Waals surface area contributed by atoms with Crippen LogP contribution in [-0.4, -0.2) is 34.3 Å². The lowest BCUT2D eigenvalue weighted by Gasteiger charge is -2.06. The highest BCUT2D eigenvalue weighted by molar-refractivity contribution is 7.90. The number of pyridine rings is 2. The maximum absolute atomic E-state index is 11.9. The van der Waals surface area contributed by atoms with Crippen molar-refractivity contribution in [3.05, 3.63) is 65.9 Å². The van der Waals surface area contributed by atoms with Gasteiger partial charge in [-0.3, -0.25) is 0 Å². The Morgan fingerprint density at radius 1 is 1.07 bits per heavy atom. The molecule has 0 amide bonds. The number of halogens is 1. The Hall–Kier alpha value is -2.97. The molecule has 136 valence electrons. The van der Waals surface area contributed by atoms with E-state index in [4.69, 9.17) is 11.6 Å². The van der Waals surface area contributed by atoms with Crippen LogP contribution in [0.5, 0.6) is 0 Å². The number of anilines is 2. The minimum absolute atomic E-state index is 0.252. The highest BCUT2D eigenvalue weighted by atomic mass is 35.5. The molecular formula is C18H14ClN5O2S. The minimum Gasteiger partial charge on any atom is -0.323 e. The molecule has 0 bridgehead atoms. The largest absolute Gasteiger partial charge is 0.323 e. The third kappa shape index (κ3) is 3.62. The lowest BCUT2D eigenvalue weighted by Crippen LogP contribution is -1.99. The second-order valence-electron chi connectivity index (χ2n) is 5.91. The molecule has 0 fully saturated rings. The summed E-state index contributed by atoms with van der Waals surface area (Å²) in [6.45, 7) is 0. The first-order chi connectivity index (χ1) is 12.9. The molecule has 0 aliphatic rings. The van der Waals surface area contributed by atoms with Gasteiger partial charge < -0.3 is 5.32 Å². The standard InChI is InChI=1S/C18H14ClN5O2S/c1-27(25,26)14-5-2-4-12(10-14)15-6-3-7-17-22-18(23-24(15)17)21-13-8-9-20-16(19)11-13/h2-11H,1H3,(H,20,21,23). The topological polar surface area (TPSA) is 89.2 Å².